The maximum absolute atomic E-state index is 6.43. The third-order valence-corrected chi connectivity index (χ3v) is 6.84. The highest BCUT2D eigenvalue weighted by Crippen LogP contribution is 2.34. The van der Waals surface area contributed by atoms with Gasteiger partial charge in [0.25, 0.3) is 0 Å². The van der Waals surface area contributed by atoms with E-state index in [2.05, 4.69) is 20.3 Å². The Morgan fingerprint density at radius 3 is 2.50 bits per heavy atom. The van der Waals surface area contributed by atoms with Crippen LogP contribution in [-0.2, 0) is 0 Å². The molecule has 6 rings (SSSR count). The maximum Gasteiger partial charge on any atom is 0.249 e. The summed E-state index contributed by atoms with van der Waals surface area (Å²) < 4.78 is 1.78. The Labute approximate surface area is 197 Å². The Bertz CT molecular complexity index is 1460. The van der Waals surface area contributed by atoms with Gasteiger partial charge in [0, 0.05) is 29.1 Å². The van der Waals surface area contributed by atoms with Crippen LogP contribution in [0.3, 0.4) is 0 Å². The standard InChI is InChI=1S/C22H17Cl2N7S/c23-13-7-8-14(15(24)11-13)18-12-32-22-28-21(29-31(18)22)27-19-20(30-9-3-4-10-30)26-17-6-2-1-5-16(17)25-19/h1-2,5-8,11-12H,3-4,9-10H2,(H,25,27,29). The van der Waals surface area contributed by atoms with Gasteiger partial charge in [-0.1, -0.05) is 35.3 Å². The number of para-hydroxylation sites is 2. The minimum atomic E-state index is 0.466. The highest BCUT2D eigenvalue weighted by molar-refractivity contribution is 7.15. The minimum Gasteiger partial charge on any atom is -0.354 e. The molecule has 0 radical (unpaired) electrons. The fourth-order valence-corrected chi connectivity index (χ4v) is 5.27. The van der Waals surface area contributed by atoms with Crippen LogP contribution in [0.15, 0.2) is 47.8 Å². The van der Waals surface area contributed by atoms with E-state index in [9.17, 15) is 0 Å². The van der Waals surface area contributed by atoms with Crippen LogP contribution in [0, 0.1) is 0 Å². The van der Waals surface area contributed by atoms with Crippen molar-refractivity contribution in [2.45, 2.75) is 12.8 Å². The van der Waals surface area contributed by atoms with Crippen LogP contribution in [0.4, 0.5) is 17.6 Å². The zero-order chi connectivity index (χ0) is 21.7. The van der Waals surface area contributed by atoms with Crippen LogP contribution in [0.1, 0.15) is 12.8 Å². The number of rotatable bonds is 4. The lowest BCUT2D eigenvalue weighted by molar-refractivity contribution is 0.936. The average molecular weight is 482 g/mol. The van der Waals surface area contributed by atoms with Crippen LogP contribution in [-0.4, -0.2) is 37.7 Å². The fraction of sp³-hybridized carbons (Fsp3) is 0.182. The molecule has 2 aromatic carbocycles. The summed E-state index contributed by atoms with van der Waals surface area (Å²) in [6.45, 7) is 1.93. The molecule has 0 atom stereocenters. The van der Waals surface area contributed by atoms with Crippen molar-refractivity contribution in [3.8, 4) is 11.3 Å². The predicted molar refractivity (Wildman–Crippen MR) is 131 cm³/mol. The normalized spacial score (nSPS) is 14.0. The first-order chi connectivity index (χ1) is 15.7. The molecular formula is C22H17Cl2N7S. The number of halogens is 2. The molecule has 10 heteroatoms. The molecule has 1 N–H and O–H groups in total. The molecule has 160 valence electrons. The van der Waals surface area contributed by atoms with Gasteiger partial charge in [0.05, 0.1) is 21.7 Å². The number of fused-ring (bicyclic) bond motifs is 2. The molecule has 1 fully saturated rings. The van der Waals surface area contributed by atoms with Gasteiger partial charge >= 0.3 is 0 Å². The Hall–Kier alpha value is -2.94. The molecular weight excluding hydrogens is 465 g/mol. The zero-order valence-corrected chi connectivity index (χ0v) is 19.1. The first kappa shape index (κ1) is 19.7. The molecule has 0 spiro atoms. The smallest absolute Gasteiger partial charge is 0.249 e. The van der Waals surface area contributed by atoms with Crippen LogP contribution < -0.4 is 10.2 Å². The van der Waals surface area contributed by atoms with Crippen LogP contribution in [0.2, 0.25) is 10.0 Å². The SMILES string of the molecule is Clc1ccc(-c2csc3nc(Nc4nc5ccccc5nc4N4CCCC4)nn23)c(Cl)c1. The van der Waals surface area contributed by atoms with E-state index < -0.39 is 0 Å². The van der Waals surface area contributed by atoms with Crippen molar-refractivity contribution in [3.05, 3.63) is 57.9 Å². The molecule has 0 aliphatic carbocycles. The molecule has 0 unspecified atom stereocenters. The second kappa shape index (κ2) is 7.88. The Morgan fingerprint density at radius 1 is 0.938 bits per heavy atom. The molecule has 5 aromatic rings. The van der Waals surface area contributed by atoms with E-state index in [1.807, 2.05) is 41.8 Å². The number of nitrogens with zero attached hydrogens (tertiary/aromatic N) is 6. The van der Waals surface area contributed by atoms with Crippen molar-refractivity contribution in [3.63, 3.8) is 0 Å². The fourth-order valence-electron chi connectivity index (χ4n) is 3.95. The molecule has 1 aliphatic rings. The zero-order valence-electron chi connectivity index (χ0n) is 16.8. The minimum absolute atomic E-state index is 0.466. The Kier molecular flexibility index (Phi) is 4.86. The summed E-state index contributed by atoms with van der Waals surface area (Å²) in [5.41, 5.74) is 3.41. The van der Waals surface area contributed by atoms with E-state index in [0.717, 1.165) is 59.0 Å². The topological polar surface area (TPSA) is 71.2 Å². The Morgan fingerprint density at radius 2 is 1.72 bits per heavy atom. The highest BCUT2D eigenvalue weighted by Gasteiger charge is 2.21. The van der Waals surface area contributed by atoms with Gasteiger partial charge in [-0.15, -0.1) is 16.4 Å². The lowest BCUT2D eigenvalue weighted by Gasteiger charge is -2.19. The van der Waals surface area contributed by atoms with E-state index in [4.69, 9.17) is 33.2 Å². The van der Waals surface area contributed by atoms with Gasteiger partial charge in [-0.25, -0.2) is 14.5 Å². The lowest BCUT2D eigenvalue weighted by Crippen LogP contribution is -2.21. The molecule has 0 bridgehead atoms. The molecule has 4 heterocycles. The second-order valence-corrected chi connectivity index (χ2v) is 9.26. The van der Waals surface area contributed by atoms with Gasteiger partial charge in [-0.2, -0.15) is 4.98 Å². The number of nitrogens with one attached hydrogen (secondary N) is 1. The quantitative estimate of drug-likeness (QED) is 0.336. The summed E-state index contributed by atoms with van der Waals surface area (Å²) in [6.07, 6.45) is 2.30. The third kappa shape index (κ3) is 3.44. The third-order valence-electron chi connectivity index (χ3n) is 5.48. The summed E-state index contributed by atoms with van der Waals surface area (Å²) in [5.74, 6) is 1.96. The number of aromatic nitrogens is 5. The largest absolute Gasteiger partial charge is 0.354 e. The average Bonchev–Trinajstić information content (AvgIpc) is 3.52. The van der Waals surface area contributed by atoms with Crippen molar-refractivity contribution in [1.29, 1.82) is 0 Å². The Balaban J connectivity index is 1.41. The molecule has 1 aliphatic heterocycles. The lowest BCUT2D eigenvalue weighted by atomic mass is 10.2. The van der Waals surface area contributed by atoms with Crippen molar-refractivity contribution in [2.75, 3.05) is 23.3 Å². The molecule has 32 heavy (non-hydrogen) atoms. The number of hydrogen-bond donors (Lipinski definition) is 1. The monoisotopic (exact) mass is 481 g/mol. The van der Waals surface area contributed by atoms with Gasteiger partial charge in [0.1, 0.15) is 0 Å². The molecule has 3 aromatic heterocycles. The first-order valence-electron chi connectivity index (χ1n) is 10.2. The predicted octanol–water partition coefficient (Wildman–Crippen LogP) is 6.05. The van der Waals surface area contributed by atoms with Crippen molar-refractivity contribution >= 4 is 68.1 Å². The van der Waals surface area contributed by atoms with Crippen LogP contribution in [0.25, 0.3) is 27.3 Å². The van der Waals surface area contributed by atoms with E-state index in [1.54, 1.807) is 10.6 Å². The van der Waals surface area contributed by atoms with E-state index in [0.29, 0.717) is 21.8 Å². The molecule has 7 nitrogen and oxygen atoms in total. The van der Waals surface area contributed by atoms with Crippen molar-refractivity contribution in [2.24, 2.45) is 0 Å². The van der Waals surface area contributed by atoms with Gasteiger partial charge in [-0.3, -0.25) is 0 Å². The van der Waals surface area contributed by atoms with E-state index >= 15 is 0 Å². The van der Waals surface area contributed by atoms with Crippen molar-refractivity contribution < 1.29 is 0 Å². The summed E-state index contributed by atoms with van der Waals surface area (Å²) in [7, 11) is 0. The van der Waals surface area contributed by atoms with Gasteiger partial charge in [-0.05, 0) is 43.2 Å². The van der Waals surface area contributed by atoms with Crippen LogP contribution in [0.5, 0.6) is 0 Å². The molecule has 1 saturated heterocycles. The van der Waals surface area contributed by atoms with Gasteiger partial charge < -0.3 is 10.2 Å². The summed E-state index contributed by atoms with van der Waals surface area (Å²) in [5, 5.41) is 11.1. The highest BCUT2D eigenvalue weighted by atomic mass is 35.5. The molecule has 0 saturated carbocycles. The second-order valence-electron chi connectivity index (χ2n) is 7.58. The van der Waals surface area contributed by atoms with E-state index in [-0.39, 0.29) is 0 Å². The number of benzene rings is 2. The van der Waals surface area contributed by atoms with Crippen LogP contribution >= 0.6 is 34.5 Å². The summed E-state index contributed by atoms with van der Waals surface area (Å²) in [4.78, 5) is 17.4. The summed E-state index contributed by atoms with van der Waals surface area (Å²) >= 11 is 14.0. The number of thiazole rings is 1. The molecule has 0 amide bonds. The summed E-state index contributed by atoms with van der Waals surface area (Å²) in [6, 6.07) is 13.3. The number of hydrogen-bond acceptors (Lipinski definition) is 7. The number of anilines is 3. The van der Waals surface area contributed by atoms with E-state index in [1.165, 1.54) is 11.3 Å². The van der Waals surface area contributed by atoms with Gasteiger partial charge in [0.2, 0.25) is 10.9 Å². The van der Waals surface area contributed by atoms with Gasteiger partial charge in [0.15, 0.2) is 11.6 Å². The van der Waals surface area contributed by atoms with Crippen molar-refractivity contribution in [1.82, 2.24) is 24.6 Å². The maximum atomic E-state index is 6.43. The first-order valence-corrected chi connectivity index (χ1v) is 11.9.